The molecule has 1 aliphatic heterocycles. The number of benzene rings is 1. The van der Waals surface area contributed by atoms with Gasteiger partial charge in [-0.05, 0) is 30.5 Å². The van der Waals surface area contributed by atoms with Crippen molar-refractivity contribution in [1.82, 2.24) is 4.98 Å². The first-order valence-electron chi connectivity index (χ1n) is 7.58. The Morgan fingerprint density at radius 1 is 1.33 bits per heavy atom. The van der Waals surface area contributed by atoms with E-state index in [0.717, 1.165) is 37.4 Å². The molecule has 0 spiro atoms. The van der Waals surface area contributed by atoms with Gasteiger partial charge in [0.15, 0.2) is 0 Å². The summed E-state index contributed by atoms with van der Waals surface area (Å²) in [5.74, 6) is 0.883. The molecule has 1 fully saturated rings. The molecule has 110 valence electrons. The number of aromatic nitrogens is 1. The number of pyridine rings is 1. The van der Waals surface area contributed by atoms with Crippen LogP contribution in [0.4, 0.5) is 17.2 Å². The lowest BCUT2D eigenvalue weighted by atomic mass is 10.1. The van der Waals surface area contributed by atoms with Crippen molar-refractivity contribution < 1.29 is 0 Å². The molecule has 1 atom stereocenters. The summed E-state index contributed by atoms with van der Waals surface area (Å²) in [7, 11) is 0. The van der Waals surface area contributed by atoms with Crippen LogP contribution in [0.3, 0.4) is 0 Å². The van der Waals surface area contributed by atoms with E-state index < -0.39 is 0 Å². The molecule has 1 saturated heterocycles. The van der Waals surface area contributed by atoms with E-state index in [-0.39, 0.29) is 6.04 Å². The lowest BCUT2D eigenvalue weighted by Crippen LogP contribution is -2.26. The summed E-state index contributed by atoms with van der Waals surface area (Å²) in [6.07, 6.45) is 3.92. The van der Waals surface area contributed by atoms with Crippen LogP contribution in [0.2, 0.25) is 0 Å². The van der Waals surface area contributed by atoms with Crippen molar-refractivity contribution in [1.29, 1.82) is 0 Å². The van der Waals surface area contributed by atoms with Gasteiger partial charge in [0.1, 0.15) is 5.82 Å². The van der Waals surface area contributed by atoms with Crippen LogP contribution in [0.15, 0.2) is 42.6 Å². The third kappa shape index (κ3) is 3.16. The molecular weight excluding hydrogens is 260 g/mol. The van der Waals surface area contributed by atoms with Crippen molar-refractivity contribution in [3.05, 3.63) is 48.2 Å². The quantitative estimate of drug-likeness (QED) is 0.905. The number of aryl methyl sites for hydroxylation is 1. The summed E-state index contributed by atoms with van der Waals surface area (Å²) in [5.41, 5.74) is 9.60. The Bertz CT molecular complexity index is 611. The molecule has 3 N–H and O–H groups in total. The number of hydrogen-bond acceptors (Lipinski definition) is 4. The van der Waals surface area contributed by atoms with E-state index >= 15 is 0 Å². The fraction of sp³-hybridized carbons (Fsp3) is 0.353. The second kappa shape index (κ2) is 6.14. The van der Waals surface area contributed by atoms with Crippen LogP contribution in [0.1, 0.15) is 18.9 Å². The molecule has 2 heterocycles. The number of rotatable bonds is 4. The number of para-hydroxylation sites is 1. The lowest BCUT2D eigenvalue weighted by Gasteiger charge is -2.19. The maximum absolute atomic E-state index is 5.99. The van der Waals surface area contributed by atoms with Crippen molar-refractivity contribution >= 4 is 17.2 Å². The van der Waals surface area contributed by atoms with Crippen molar-refractivity contribution in [3.8, 4) is 0 Å². The first-order chi connectivity index (χ1) is 10.3. The van der Waals surface area contributed by atoms with Gasteiger partial charge in [0, 0.05) is 42.8 Å². The Morgan fingerprint density at radius 2 is 2.19 bits per heavy atom. The third-order valence-electron chi connectivity index (χ3n) is 3.99. The average Bonchev–Trinajstić information content (AvgIpc) is 2.95. The van der Waals surface area contributed by atoms with Crippen LogP contribution in [-0.4, -0.2) is 24.1 Å². The van der Waals surface area contributed by atoms with Gasteiger partial charge in [0.2, 0.25) is 0 Å². The largest absolute Gasteiger partial charge is 0.370 e. The summed E-state index contributed by atoms with van der Waals surface area (Å²) in [6, 6.07) is 12.8. The van der Waals surface area contributed by atoms with Gasteiger partial charge in [-0.3, -0.25) is 0 Å². The summed E-state index contributed by atoms with van der Waals surface area (Å²) < 4.78 is 0. The van der Waals surface area contributed by atoms with Crippen molar-refractivity contribution in [2.24, 2.45) is 5.73 Å². The normalized spacial score (nSPS) is 18.0. The van der Waals surface area contributed by atoms with Crippen molar-refractivity contribution in [2.75, 3.05) is 23.3 Å². The fourth-order valence-corrected chi connectivity index (χ4v) is 2.79. The predicted octanol–water partition coefficient (Wildman–Crippen LogP) is 2.92. The molecule has 0 saturated carbocycles. The molecule has 1 aromatic heterocycles. The number of nitrogens with zero attached hydrogens (tertiary/aromatic N) is 2. The van der Waals surface area contributed by atoms with Gasteiger partial charge in [-0.1, -0.05) is 25.1 Å². The molecule has 4 heteroatoms. The van der Waals surface area contributed by atoms with Crippen LogP contribution in [-0.2, 0) is 6.42 Å². The molecular formula is C17H22N4. The Morgan fingerprint density at radius 3 is 2.95 bits per heavy atom. The van der Waals surface area contributed by atoms with Gasteiger partial charge < -0.3 is 16.0 Å². The highest BCUT2D eigenvalue weighted by atomic mass is 15.2. The van der Waals surface area contributed by atoms with Gasteiger partial charge in [0.25, 0.3) is 0 Å². The fourth-order valence-electron chi connectivity index (χ4n) is 2.79. The molecule has 4 nitrogen and oxygen atoms in total. The maximum atomic E-state index is 5.99. The molecule has 0 radical (unpaired) electrons. The van der Waals surface area contributed by atoms with Crippen LogP contribution in [0.5, 0.6) is 0 Å². The zero-order valence-electron chi connectivity index (χ0n) is 12.4. The van der Waals surface area contributed by atoms with E-state index in [1.807, 2.05) is 12.3 Å². The lowest BCUT2D eigenvalue weighted by molar-refractivity contribution is 0.752. The summed E-state index contributed by atoms with van der Waals surface area (Å²) in [4.78, 5) is 6.75. The first kappa shape index (κ1) is 13.9. The second-order valence-electron chi connectivity index (χ2n) is 5.53. The smallest absolute Gasteiger partial charge is 0.132 e. The van der Waals surface area contributed by atoms with Crippen LogP contribution in [0.25, 0.3) is 0 Å². The number of anilines is 3. The number of nitrogens with one attached hydrogen (secondary N) is 1. The predicted molar refractivity (Wildman–Crippen MR) is 88.1 cm³/mol. The zero-order valence-corrected chi connectivity index (χ0v) is 12.4. The molecule has 2 aromatic rings. The van der Waals surface area contributed by atoms with Crippen molar-refractivity contribution in [2.45, 2.75) is 25.8 Å². The molecule has 0 bridgehead atoms. The van der Waals surface area contributed by atoms with Crippen molar-refractivity contribution in [3.63, 3.8) is 0 Å². The molecule has 21 heavy (non-hydrogen) atoms. The minimum Gasteiger partial charge on any atom is -0.370 e. The molecule has 0 amide bonds. The minimum absolute atomic E-state index is 0.287. The van der Waals surface area contributed by atoms with Gasteiger partial charge in [-0.25, -0.2) is 4.98 Å². The highest BCUT2D eigenvalue weighted by molar-refractivity contribution is 5.64. The van der Waals surface area contributed by atoms with E-state index in [4.69, 9.17) is 5.73 Å². The molecule has 1 aliphatic rings. The maximum Gasteiger partial charge on any atom is 0.132 e. The SMILES string of the molecule is CCc1ccccc1Nc1cc(N2CC[C@H](N)C2)ccn1. The number of hydrogen-bond donors (Lipinski definition) is 2. The Labute approximate surface area is 126 Å². The second-order valence-corrected chi connectivity index (χ2v) is 5.53. The third-order valence-corrected chi connectivity index (χ3v) is 3.99. The minimum atomic E-state index is 0.287. The molecule has 0 unspecified atom stereocenters. The van der Waals surface area contributed by atoms with Crippen LogP contribution >= 0.6 is 0 Å². The van der Waals surface area contributed by atoms with E-state index in [1.54, 1.807) is 0 Å². The standard InChI is InChI=1S/C17H22N4/c1-2-13-5-3-4-6-16(13)20-17-11-15(7-9-19-17)21-10-8-14(18)12-21/h3-7,9,11,14H,2,8,10,12,18H2,1H3,(H,19,20)/t14-/m0/s1. The Hall–Kier alpha value is -2.07. The summed E-state index contributed by atoms with van der Waals surface area (Å²) in [5, 5.41) is 3.43. The number of nitrogens with two attached hydrogens (primary N) is 1. The zero-order chi connectivity index (χ0) is 14.7. The van der Waals surface area contributed by atoms with Gasteiger partial charge >= 0.3 is 0 Å². The van der Waals surface area contributed by atoms with Gasteiger partial charge in [-0.2, -0.15) is 0 Å². The molecule has 1 aromatic carbocycles. The van der Waals surface area contributed by atoms with E-state index in [1.165, 1.54) is 11.3 Å². The topological polar surface area (TPSA) is 54.2 Å². The van der Waals surface area contributed by atoms with E-state index in [0.29, 0.717) is 0 Å². The molecule has 0 aliphatic carbocycles. The highest BCUT2D eigenvalue weighted by Crippen LogP contribution is 2.25. The highest BCUT2D eigenvalue weighted by Gasteiger charge is 2.19. The van der Waals surface area contributed by atoms with Gasteiger partial charge in [0.05, 0.1) is 0 Å². The summed E-state index contributed by atoms with van der Waals surface area (Å²) in [6.45, 7) is 4.11. The van der Waals surface area contributed by atoms with E-state index in [9.17, 15) is 0 Å². The first-order valence-corrected chi connectivity index (χ1v) is 7.58. The summed E-state index contributed by atoms with van der Waals surface area (Å²) >= 11 is 0. The van der Waals surface area contributed by atoms with Crippen LogP contribution < -0.4 is 16.0 Å². The van der Waals surface area contributed by atoms with Gasteiger partial charge in [-0.15, -0.1) is 0 Å². The monoisotopic (exact) mass is 282 g/mol. The van der Waals surface area contributed by atoms with E-state index in [2.05, 4.69) is 52.5 Å². The molecule has 3 rings (SSSR count). The van der Waals surface area contributed by atoms with Crippen LogP contribution in [0, 0.1) is 0 Å². The Kier molecular flexibility index (Phi) is 4.06. The average molecular weight is 282 g/mol. The Balaban J connectivity index is 1.80.